The van der Waals surface area contributed by atoms with Gasteiger partial charge in [0.2, 0.25) is 17.7 Å². The van der Waals surface area contributed by atoms with E-state index in [1.54, 1.807) is 46.4 Å². The molecule has 4 atom stereocenters. The molecule has 4 unspecified atom stereocenters. The molecule has 0 bridgehead atoms. The van der Waals surface area contributed by atoms with E-state index in [1.807, 2.05) is 0 Å². The average molecular weight is 503 g/mol. The molecule has 0 radical (unpaired) electrons. The Morgan fingerprint density at radius 2 is 1.62 bits per heavy atom. The molecule has 0 spiro atoms. The Bertz CT molecular complexity index is 767. The molecule has 1 fully saturated rings. The third kappa shape index (κ3) is 9.48. The molecule has 0 saturated carbocycles. The largest absolute Gasteiger partial charge is 0.444 e. The van der Waals surface area contributed by atoms with Crippen LogP contribution < -0.4 is 16.0 Å². The molecule has 11 heteroatoms. The summed E-state index contributed by atoms with van der Waals surface area (Å²) >= 11 is 5.62. The van der Waals surface area contributed by atoms with Gasteiger partial charge in [0.15, 0.2) is 5.78 Å². The number of nitrogens with zero attached hydrogens (tertiary/aromatic N) is 1. The molecular weight excluding hydrogens is 464 g/mol. The third-order valence-corrected chi connectivity index (χ3v) is 5.66. The van der Waals surface area contributed by atoms with Gasteiger partial charge in [-0.05, 0) is 53.4 Å². The van der Waals surface area contributed by atoms with Gasteiger partial charge in [-0.15, -0.1) is 11.6 Å². The van der Waals surface area contributed by atoms with E-state index in [-0.39, 0.29) is 41.9 Å². The zero-order chi connectivity index (χ0) is 26.2. The van der Waals surface area contributed by atoms with Crippen LogP contribution in [0, 0.1) is 5.92 Å². The highest BCUT2D eigenvalue weighted by Crippen LogP contribution is 2.21. The van der Waals surface area contributed by atoms with Gasteiger partial charge in [0.1, 0.15) is 17.7 Å². The van der Waals surface area contributed by atoms with Crippen LogP contribution in [0.5, 0.6) is 0 Å². The standard InChI is InChI=1S/C23H39ClN4O6/c1-13(2)19(17(29)12-24)27-20(31)14(3)25-18(30)11-16-9-8-10-28(16)21(32)15(4)26-22(33)34-23(5,6)7/h13-16,19H,8-12H2,1-7H3,(H,25,30)(H,26,33)(H,27,31). The van der Waals surface area contributed by atoms with Crippen LogP contribution in [0.4, 0.5) is 4.79 Å². The van der Waals surface area contributed by atoms with Crippen LogP contribution >= 0.6 is 11.6 Å². The molecule has 1 aliphatic rings. The molecule has 0 aromatic rings. The summed E-state index contributed by atoms with van der Waals surface area (Å²) in [4.78, 5) is 63.4. The van der Waals surface area contributed by atoms with E-state index in [0.29, 0.717) is 13.0 Å². The van der Waals surface area contributed by atoms with Crippen molar-refractivity contribution in [2.75, 3.05) is 12.4 Å². The average Bonchev–Trinajstić information content (AvgIpc) is 3.16. The van der Waals surface area contributed by atoms with Crippen LogP contribution in [0.15, 0.2) is 0 Å². The van der Waals surface area contributed by atoms with E-state index >= 15 is 0 Å². The third-order valence-electron chi connectivity index (χ3n) is 5.40. The first kappa shape index (κ1) is 29.7. The second-order valence-electron chi connectivity index (χ2n) is 10.0. The lowest BCUT2D eigenvalue weighted by atomic mass is 10.0. The summed E-state index contributed by atoms with van der Waals surface area (Å²) in [5.41, 5.74) is -0.684. The highest BCUT2D eigenvalue weighted by Gasteiger charge is 2.34. The van der Waals surface area contributed by atoms with Crippen molar-refractivity contribution in [3.05, 3.63) is 0 Å². The fourth-order valence-electron chi connectivity index (χ4n) is 3.69. The fourth-order valence-corrected chi connectivity index (χ4v) is 3.86. The monoisotopic (exact) mass is 502 g/mol. The smallest absolute Gasteiger partial charge is 0.408 e. The molecule has 0 aromatic carbocycles. The van der Waals surface area contributed by atoms with Crippen molar-refractivity contribution in [2.45, 2.75) is 97.5 Å². The van der Waals surface area contributed by atoms with Crippen molar-refractivity contribution in [3.8, 4) is 0 Å². The van der Waals surface area contributed by atoms with Crippen LogP contribution in [0.3, 0.4) is 0 Å². The van der Waals surface area contributed by atoms with Crippen molar-refractivity contribution in [3.63, 3.8) is 0 Å². The zero-order valence-corrected chi connectivity index (χ0v) is 22.0. The molecule has 1 rings (SSSR count). The maximum absolute atomic E-state index is 12.9. The van der Waals surface area contributed by atoms with E-state index in [2.05, 4.69) is 16.0 Å². The summed E-state index contributed by atoms with van der Waals surface area (Å²) < 4.78 is 5.19. The molecular formula is C23H39ClN4O6. The summed E-state index contributed by atoms with van der Waals surface area (Å²) in [5.74, 6) is -1.82. The Morgan fingerprint density at radius 1 is 1.00 bits per heavy atom. The first-order valence-corrected chi connectivity index (χ1v) is 12.2. The zero-order valence-electron chi connectivity index (χ0n) is 21.2. The van der Waals surface area contributed by atoms with Gasteiger partial charge in [0.05, 0.1) is 11.9 Å². The number of amides is 4. The minimum absolute atomic E-state index is 0.0245. The van der Waals surface area contributed by atoms with Gasteiger partial charge in [-0.3, -0.25) is 19.2 Å². The number of ketones is 1. The van der Waals surface area contributed by atoms with Gasteiger partial charge in [-0.25, -0.2) is 4.79 Å². The van der Waals surface area contributed by atoms with Crippen LogP contribution in [0.25, 0.3) is 0 Å². The van der Waals surface area contributed by atoms with E-state index in [4.69, 9.17) is 16.3 Å². The first-order valence-electron chi connectivity index (χ1n) is 11.6. The van der Waals surface area contributed by atoms with Crippen LogP contribution in [-0.4, -0.2) is 76.7 Å². The molecule has 1 saturated heterocycles. The molecule has 0 aromatic heterocycles. The van der Waals surface area contributed by atoms with Crippen LogP contribution in [0.1, 0.15) is 67.7 Å². The molecule has 0 aliphatic carbocycles. The number of alkyl carbamates (subject to hydrolysis) is 1. The molecule has 34 heavy (non-hydrogen) atoms. The summed E-state index contributed by atoms with van der Waals surface area (Å²) in [6.07, 6.45) is 0.708. The van der Waals surface area contributed by atoms with Crippen molar-refractivity contribution >= 4 is 41.2 Å². The molecule has 194 valence electrons. The number of carbonyl (C=O) groups is 5. The number of hydrogen-bond donors (Lipinski definition) is 3. The number of nitrogens with one attached hydrogen (secondary N) is 3. The summed E-state index contributed by atoms with van der Waals surface area (Å²) in [5, 5.41) is 7.80. The lowest BCUT2D eigenvalue weighted by molar-refractivity contribution is -0.135. The predicted octanol–water partition coefficient (Wildman–Crippen LogP) is 1.73. The van der Waals surface area contributed by atoms with E-state index in [9.17, 15) is 24.0 Å². The molecule has 1 heterocycles. The molecule has 10 nitrogen and oxygen atoms in total. The summed E-state index contributed by atoms with van der Waals surface area (Å²) in [6.45, 7) is 12.4. The molecule has 4 amide bonds. The van der Waals surface area contributed by atoms with Crippen molar-refractivity contribution in [1.82, 2.24) is 20.9 Å². The Labute approximate surface area is 206 Å². The normalized spacial score (nSPS) is 18.6. The number of alkyl halides is 1. The Hall–Kier alpha value is -2.36. The number of carbonyl (C=O) groups excluding carboxylic acids is 5. The molecule has 3 N–H and O–H groups in total. The molecule has 1 aliphatic heterocycles. The second kappa shape index (κ2) is 12.9. The Kier molecular flexibility index (Phi) is 11.3. The topological polar surface area (TPSA) is 134 Å². The van der Waals surface area contributed by atoms with Gasteiger partial charge in [-0.2, -0.15) is 0 Å². The highest BCUT2D eigenvalue weighted by molar-refractivity contribution is 6.28. The van der Waals surface area contributed by atoms with Crippen LogP contribution in [-0.2, 0) is 23.9 Å². The number of Topliss-reactive ketones (excluding diaryl/α,β-unsaturated/α-hetero) is 1. The SMILES string of the molecule is CC(NC(=O)CC1CCCN1C(=O)C(C)NC(=O)OC(C)(C)C)C(=O)NC(C(=O)CCl)C(C)C. The highest BCUT2D eigenvalue weighted by atomic mass is 35.5. The number of rotatable bonds is 10. The van der Waals surface area contributed by atoms with Gasteiger partial charge in [0, 0.05) is 19.0 Å². The minimum atomic E-state index is -0.866. The minimum Gasteiger partial charge on any atom is -0.444 e. The summed E-state index contributed by atoms with van der Waals surface area (Å²) in [7, 11) is 0. The van der Waals surface area contributed by atoms with Crippen molar-refractivity contribution < 1.29 is 28.7 Å². The van der Waals surface area contributed by atoms with Crippen molar-refractivity contribution in [1.29, 1.82) is 0 Å². The van der Waals surface area contributed by atoms with E-state index < -0.39 is 35.7 Å². The second-order valence-corrected chi connectivity index (χ2v) is 10.3. The number of halogens is 1. The maximum Gasteiger partial charge on any atom is 0.408 e. The Balaban J connectivity index is 2.64. The summed E-state index contributed by atoms with van der Waals surface area (Å²) in [6, 6.07) is -2.75. The number of likely N-dealkylation sites (tertiary alicyclic amines) is 1. The number of hydrogen-bond acceptors (Lipinski definition) is 6. The maximum atomic E-state index is 12.9. The number of ether oxygens (including phenoxy) is 1. The fraction of sp³-hybridized carbons (Fsp3) is 0.783. The lowest BCUT2D eigenvalue weighted by Crippen LogP contribution is -2.53. The van der Waals surface area contributed by atoms with Gasteiger partial charge >= 0.3 is 6.09 Å². The predicted molar refractivity (Wildman–Crippen MR) is 128 cm³/mol. The Morgan fingerprint density at radius 3 is 2.15 bits per heavy atom. The first-order chi connectivity index (χ1) is 15.7. The van der Waals surface area contributed by atoms with Gasteiger partial charge < -0.3 is 25.6 Å². The van der Waals surface area contributed by atoms with E-state index in [0.717, 1.165) is 6.42 Å². The van der Waals surface area contributed by atoms with Crippen molar-refractivity contribution in [2.24, 2.45) is 5.92 Å². The lowest BCUT2D eigenvalue weighted by Gasteiger charge is -2.29. The van der Waals surface area contributed by atoms with E-state index in [1.165, 1.54) is 6.92 Å². The quantitative estimate of drug-likeness (QED) is 0.389. The van der Waals surface area contributed by atoms with Gasteiger partial charge in [-0.1, -0.05) is 13.8 Å². The van der Waals surface area contributed by atoms with Gasteiger partial charge in [0.25, 0.3) is 0 Å². The van der Waals surface area contributed by atoms with Crippen LogP contribution in [0.2, 0.25) is 0 Å².